The van der Waals surface area contributed by atoms with Crippen LogP contribution in [0, 0.1) is 11.3 Å². The quantitative estimate of drug-likeness (QED) is 0.671. The van der Waals surface area contributed by atoms with E-state index in [2.05, 4.69) is 5.32 Å². The van der Waals surface area contributed by atoms with Crippen LogP contribution in [-0.4, -0.2) is 16.8 Å². The van der Waals surface area contributed by atoms with E-state index in [0.29, 0.717) is 5.56 Å². The molecule has 0 aromatic heterocycles. The normalized spacial score (nSPS) is 20.3. The topological polar surface area (TPSA) is 76.3 Å². The minimum atomic E-state index is -0.167. The summed E-state index contributed by atoms with van der Waals surface area (Å²) in [5.74, 6) is -0.115. The van der Waals surface area contributed by atoms with Gasteiger partial charge in [-0.2, -0.15) is 5.26 Å². The van der Waals surface area contributed by atoms with Crippen molar-refractivity contribution in [1.29, 1.82) is 5.26 Å². The van der Waals surface area contributed by atoms with Crippen LogP contribution in [0.5, 0.6) is 11.5 Å². The third-order valence-corrected chi connectivity index (χ3v) is 2.95. The molecule has 0 bridgehead atoms. The van der Waals surface area contributed by atoms with Gasteiger partial charge in [0, 0.05) is 17.7 Å². The fourth-order valence-electron chi connectivity index (χ4n) is 2.08. The molecular formula is C12H14N2O2. The lowest BCUT2D eigenvalue weighted by atomic mass is 9.95. The summed E-state index contributed by atoms with van der Waals surface area (Å²) in [6.07, 6.45) is 3.20. The van der Waals surface area contributed by atoms with Crippen LogP contribution in [0.15, 0.2) is 12.1 Å². The second-order valence-electron chi connectivity index (χ2n) is 4.04. The molecule has 0 aliphatic carbocycles. The van der Waals surface area contributed by atoms with Crippen molar-refractivity contribution >= 4 is 0 Å². The Morgan fingerprint density at radius 1 is 1.25 bits per heavy atom. The summed E-state index contributed by atoms with van der Waals surface area (Å²) in [6, 6.07) is 4.80. The third kappa shape index (κ3) is 1.95. The lowest BCUT2D eigenvalue weighted by molar-refractivity contribution is 0.387. The Morgan fingerprint density at radius 3 is 2.69 bits per heavy atom. The van der Waals surface area contributed by atoms with Gasteiger partial charge in [-0.1, -0.05) is 6.42 Å². The minimum absolute atomic E-state index is 0.0518. The van der Waals surface area contributed by atoms with Gasteiger partial charge in [0.1, 0.15) is 17.6 Å². The lowest BCUT2D eigenvalue weighted by Gasteiger charge is -2.24. The summed E-state index contributed by atoms with van der Waals surface area (Å²) in [7, 11) is 0. The van der Waals surface area contributed by atoms with Gasteiger partial charge in [-0.25, -0.2) is 0 Å². The van der Waals surface area contributed by atoms with E-state index in [1.807, 2.05) is 6.07 Å². The van der Waals surface area contributed by atoms with Gasteiger partial charge >= 0.3 is 0 Å². The number of benzene rings is 1. The number of nitriles is 1. The number of hydrogen-bond acceptors (Lipinski definition) is 4. The van der Waals surface area contributed by atoms with Crippen molar-refractivity contribution in [2.45, 2.75) is 25.3 Å². The fraction of sp³-hybridized carbons (Fsp3) is 0.417. The van der Waals surface area contributed by atoms with E-state index in [9.17, 15) is 10.2 Å². The minimum Gasteiger partial charge on any atom is -0.507 e. The van der Waals surface area contributed by atoms with Crippen molar-refractivity contribution < 1.29 is 10.2 Å². The first-order valence-electron chi connectivity index (χ1n) is 5.41. The van der Waals surface area contributed by atoms with E-state index < -0.39 is 0 Å². The summed E-state index contributed by atoms with van der Waals surface area (Å²) in [5, 5.41) is 31.3. The molecular weight excluding hydrogens is 204 g/mol. The number of aromatic hydroxyl groups is 2. The number of hydrogen-bond donors (Lipinski definition) is 3. The van der Waals surface area contributed by atoms with Crippen LogP contribution in [0.4, 0.5) is 0 Å². The average Bonchev–Trinajstić information content (AvgIpc) is 2.30. The monoisotopic (exact) mass is 218 g/mol. The predicted octanol–water partition coefficient (Wildman–Crippen LogP) is 1.78. The zero-order chi connectivity index (χ0) is 11.5. The van der Waals surface area contributed by atoms with Crippen molar-refractivity contribution in [3.8, 4) is 17.6 Å². The highest BCUT2D eigenvalue weighted by Gasteiger charge is 2.19. The van der Waals surface area contributed by atoms with Crippen LogP contribution in [0.2, 0.25) is 0 Å². The van der Waals surface area contributed by atoms with E-state index in [4.69, 9.17) is 5.26 Å². The number of piperidine rings is 1. The lowest BCUT2D eigenvalue weighted by Crippen LogP contribution is -2.26. The van der Waals surface area contributed by atoms with Gasteiger partial charge < -0.3 is 15.5 Å². The first-order chi connectivity index (χ1) is 7.72. The first kappa shape index (κ1) is 10.8. The van der Waals surface area contributed by atoms with Crippen molar-refractivity contribution in [3.63, 3.8) is 0 Å². The number of phenols is 2. The first-order valence-corrected chi connectivity index (χ1v) is 5.41. The Kier molecular flexibility index (Phi) is 2.97. The number of nitrogens with one attached hydrogen (secondary N) is 1. The molecule has 0 saturated carbocycles. The number of phenolic OH excluding ortho intramolecular Hbond substituents is 2. The van der Waals surface area contributed by atoms with Crippen LogP contribution < -0.4 is 5.32 Å². The molecule has 1 saturated heterocycles. The highest BCUT2D eigenvalue weighted by atomic mass is 16.3. The average molecular weight is 218 g/mol. The summed E-state index contributed by atoms with van der Waals surface area (Å²) >= 11 is 0. The molecule has 1 fully saturated rings. The molecule has 3 N–H and O–H groups in total. The van der Waals surface area contributed by atoms with Crippen molar-refractivity contribution in [3.05, 3.63) is 23.3 Å². The molecule has 4 heteroatoms. The fourth-order valence-corrected chi connectivity index (χ4v) is 2.08. The molecule has 2 rings (SSSR count). The molecule has 84 valence electrons. The Bertz CT molecular complexity index is 431. The Morgan fingerprint density at radius 2 is 2.06 bits per heavy atom. The Hall–Kier alpha value is -1.73. The SMILES string of the molecule is N#Cc1cc(C2CCCCN2)c(O)cc1O. The maximum absolute atomic E-state index is 9.75. The standard InChI is InChI=1S/C12H14N2O2/c13-7-8-5-9(12(16)6-11(8)15)10-3-1-2-4-14-10/h5-6,10,14-16H,1-4H2. The smallest absolute Gasteiger partial charge is 0.137 e. The Labute approximate surface area is 94.1 Å². The van der Waals surface area contributed by atoms with Crippen LogP contribution in [0.25, 0.3) is 0 Å². The second-order valence-corrected chi connectivity index (χ2v) is 4.04. The summed E-state index contributed by atoms with van der Waals surface area (Å²) in [6.45, 7) is 0.923. The van der Waals surface area contributed by atoms with E-state index in [-0.39, 0.29) is 23.1 Å². The van der Waals surface area contributed by atoms with Gasteiger partial charge in [0.05, 0.1) is 5.56 Å². The largest absolute Gasteiger partial charge is 0.507 e. The van der Waals surface area contributed by atoms with Crippen LogP contribution in [0.3, 0.4) is 0 Å². The van der Waals surface area contributed by atoms with Crippen molar-refractivity contribution in [1.82, 2.24) is 5.32 Å². The molecule has 0 amide bonds. The van der Waals surface area contributed by atoms with Crippen molar-refractivity contribution in [2.75, 3.05) is 6.54 Å². The van der Waals surface area contributed by atoms with Crippen LogP contribution in [0.1, 0.15) is 36.4 Å². The second kappa shape index (κ2) is 4.42. The molecule has 1 aliphatic heterocycles. The molecule has 1 unspecified atom stereocenters. The number of rotatable bonds is 1. The maximum atomic E-state index is 9.75. The van der Waals surface area contributed by atoms with Gasteiger partial charge in [-0.15, -0.1) is 0 Å². The molecule has 1 heterocycles. The van der Waals surface area contributed by atoms with E-state index in [0.717, 1.165) is 25.8 Å². The van der Waals surface area contributed by atoms with Gasteiger partial charge in [-0.05, 0) is 25.5 Å². The molecule has 0 radical (unpaired) electrons. The van der Waals surface area contributed by atoms with Gasteiger partial charge in [0.2, 0.25) is 0 Å². The molecule has 1 aromatic carbocycles. The molecule has 16 heavy (non-hydrogen) atoms. The summed E-state index contributed by atoms with van der Waals surface area (Å²) < 4.78 is 0. The maximum Gasteiger partial charge on any atom is 0.137 e. The molecule has 4 nitrogen and oxygen atoms in total. The molecule has 1 atom stereocenters. The van der Waals surface area contributed by atoms with E-state index >= 15 is 0 Å². The molecule has 1 aromatic rings. The van der Waals surface area contributed by atoms with Crippen LogP contribution >= 0.6 is 0 Å². The zero-order valence-electron chi connectivity index (χ0n) is 8.90. The molecule has 0 spiro atoms. The highest BCUT2D eigenvalue weighted by Crippen LogP contribution is 2.34. The zero-order valence-corrected chi connectivity index (χ0v) is 8.90. The van der Waals surface area contributed by atoms with Gasteiger partial charge in [0.15, 0.2) is 0 Å². The molecule has 1 aliphatic rings. The summed E-state index contributed by atoms with van der Waals surface area (Å²) in [4.78, 5) is 0. The van der Waals surface area contributed by atoms with Crippen LogP contribution in [-0.2, 0) is 0 Å². The predicted molar refractivity (Wildman–Crippen MR) is 59.1 cm³/mol. The van der Waals surface area contributed by atoms with Crippen molar-refractivity contribution in [2.24, 2.45) is 0 Å². The Balaban J connectivity index is 2.36. The van der Waals surface area contributed by atoms with Gasteiger partial charge in [0.25, 0.3) is 0 Å². The highest BCUT2D eigenvalue weighted by molar-refractivity contribution is 5.51. The van der Waals surface area contributed by atoms with Gasteiger partial charge in [-0.3, -0.25) is 0 Å². The van der Waals surface area contributed by atoms with E-state index in [1.165, 1.54) is 6.07 Å². The third-order valence-electron chi connectivity index (χ3n) is 2.95. The summed E-state index contributed by atoms with van der Waals surface area (Å²) in [5.41, 5.74) is 0.911. The van der Waals surface area contributed by atoms with E-state index in [1.54, 1.807) is 6.07 Å². The number of nitrogens with zero attached hydrogens (tertiary/aromatic N) is 1.